The van der Waals surface area contributed by atoms with Gasteiger partial charge in [0.15, 0.2) is 0 Å². The Morgan fingerprint density at radius 1 is 0.905 bits per heavy atom. The molecule has 0 N–H and O–H groups in total. The van der Waals surface area contributed by atoms with Gasteiger partial charge in [0.25, 0.3) is 0 Å². The summed E-state index contributed by atoms with van der Waals surface area (Å²) in [6.07, 6.45) is 19.2. The van der Waals surface area contributed by atoms with Gasteiger partial charge >= 0.3 is 0 Å². The molecule has 1 unspecified atom stereocenters. The van der Waals surface area contributed by atoms with Crippen LogP contribution in [0.3, 0.4) is 0 Å². The molecule has 0 aliphatic heterocycles. The van der Waals surface area contributed by atoms with Crippen LogP contribution in [0.15, 0.2) is 21.8 Å². The van der Waals surface area contributed by atoms with E-state index >= 15 is 0 Å². The van der Waals surface area contributed by atoms with Crippen molar-refractivity contribution in [3.8, 4) is 0 Å². The van der Waals surface area contributed by atoms with Crippen molar-refractivity contribution in [1.29, 1.82) is 0 Å². The molecular formula is C19H36N2. The molecule has 0 bridgehead atoms. The van der Waals surface area contributed by atoms with Crippen LogP contribution in [-0.4, -0.2) is 19.5 Å². The summed E-state index contributed by atoms with van der Waals surface area (Å²) in [7, 11) is 1.86. The van der Waals surface area contributed by atoms with Crippen LogP contribution in [0, 0.1) is 5.92 Å². The quantitative estimate of drug-likeness (QED) is 0.284. The highest BCUT2D eigenvalue weighted by molar-refractivity contribution is 5.79. The number of allylic oxidation sites excluding steroid dienone is 1. The van der Waals surface area contributed by atoms with Crippen molar-refractivity contribution in [2.24, 2.45) is 15.9 Å². The van der Waals surface area contributed by atoms with E-state index in [1.54, 1.807) is 0 Å². The third-order valence-electron chi connectivity index (χ3n) is 3.93. The average molecular weight is 293 g/mol. The van der Waals surface area contributed by atoms with E-state index in [-0.39, 0.29) is 0 Å². The Kier molecular flexibility index (Phi) is 14.8. The van der Waals surface area contributed by atoms with Gasteiger partial charge in [-0.2, -0.15) is 0 Å². The van der Waals surface area contributed by atoms with Gasteiger partial charge in [0.1, 0.15) is 0 Å². The van der Waals surface area contributed by atoms with Crippen LogP contribution < -0.4 is 0 Å². The van der Waals surface area contributed by atoms with Gasteiger partial charge < -0.3 is 0 Å². The Morgan fingerprint density at radius 2 is 1.48 bits per heavy atom. The largest absolute Gasteiger partial charge is 0.296 e. The second-order valence-electron chi connectivity index (χ2n) is 5.82. The van der Waals surface area contributed by atoms with Crippen LogP contribution in [0.1, 0.15) is 85.0 Å². The smallest absolute Gasteiger partial charge is 0.0313 e. The number of hydrogen-bond acceptors (Lipinski definition) is 2. The van der Waals surface area contributed by atoms with Crippen molar-refractivity contribution < 1.29 is 0 Å². The molecular weight excluding hydrogens is 256 g/mol. The molecule has 0 amide bonds. The van der Waals surface area contributed by atoms with Gasteiger partial charge in [0, 0.05) is 25.7 Å². The summed E-state index contributed by atoms with van der Waals surface area (Å²) in [5.41, 5.74) is 1.31. The molecule has 0 heterocycles. The Morgan fingerprint density at radius 3 is 2.05 bits per heavy atom. The first-order valence-electron chi connectivity index (χ1n) is 8.90. The topological polar surface area (TPSA) is 24.7 Å². The lowest BCUT2D eigenvalue weighted by molar-refractivity contribution is 0.466. The maximum Gasteiger partial charge on any atom is 0.0313 e. The molecule has 0 fully saturated rings. The molecule has 122 valence electrons. The third kappa shape index (κ3) is 11.4. The minimum absolute atomic E-state index is 0.630. The first-order valence-corrected chi connectivity index (χ1v) is 8.90. The zero-order valence-electron chi connectivity index (χ0n) is 14.8. The lowest BCUT2D eigenvalue weighted by Crippen LogP contribution is -2.06. The molecule has 0 spiro atoms. The maximum atomic E-state index is 4.32. The molecule has 0 aliphatic rings. The van der Waals surface area contributed by atoms with E-state index in [2.05, 4.69) is 23.8 Å². The third-order valence-corrected chi connectivity index (χ3v) is 3.93. The first-order chi connectivity index (χ1) is 10.3. The van der Waals surface area contributed by atoms with Crippen LogP contribution in [0.5, 0.6) is 0 Å². The van der Waals surface area contributed by atoms with Crippen LogP contribution in [0.4, 0.5) is 0 Å². The van der Waals surface area contributed by atoms with Crippen molar-refractivity contribution in [2.45, 2.75) is 85.0 Å². The van der Waals surface area contributed by atoms with E-state index in [0.29, 0.717) is 5.92 Å². The molecule has 1 atom stereocenters. The predicted molar refractivity (Wildman–Crippen MR) is 97.7 cm³/mol. The summed E-state index contributed by atoms with van der Waals surface area (Å²) in [6.45, 7) is 6.51. The second-order valence-corrected chi connectivity index (χ2v) is 5.82. The second kappa shape index (κ2) is 15.5. The van der Waals surface area contributed by atoms with E-state index in [9.17, 15) is 0 Å². The van der Waals surface area contributed by atoms with Crippen molar-refractivity contribution in [2.75, 3.05) is 7.05 Å². The van der Waals surface area contributed by atoms with Crippen molar-refractivity contribution >= 4 is 12.4 Å². The van der Waals surface area contributed by atoms with Crippen molar-refractivity contribution in [3.05, 3.63) is 11.8 Å². The van der Waals surface area contributed by atoms with Crippen molar-refractivity contribution in [3.63, 3.8) is 0 Å². The lowest BCUT2D eigenvalue weighted by Gasteiger charge is -2.17. The number of unbranched alkanes of at least 4 members (excludes halogenated alkanes) is 6. The standard InChI is InChI=1S/C19H36N2/c1-5-8-10-11-13-15-18(14-12-9-6-2)19(16-20-4)17-21-7-3/h7,16-18H,5-6,8-15H2,1-4H3/b19-17+,20-16-,21-7-. The average Bonchev–Trinajstić information content (AvgIpc) is 2.50. The molecule has 0 saturated heterocycles. The normalized spacial score (nSPS) is 14.4. The van der Waals surface area contributed by atoms with E-state index in [1.807, 2.05) is 32.6 Å². The van der Waals surface area contributed by atoms with Crippen molar-refractivity contribution in [1.82, 2.24) is 0 Å². The van der Waals surface area contributed by atoms with E-state index < -0.39 is 0 Å². The minimum Gasteiger partial charge on any atom is -0.296 e. The summed E-state index contributed by atoms with van der Waals surface area (Å²) >= 11 is 0. The number of aliphatic imine (C=N–C) groups is 2. The fourth-order valence-corrected chi connectivity index (χ4v) is 2.67. The van der Waals surface area contributed by atoms with Crippen LogP contribution in [0.25, 0.3) is 0 Å². The van der Waals surface area contributed by atoms with Gasteiger partial charge in [-0.3, -0.25) is 9.98 Å². The molecule has 0 radical (unpaired) electrons. The Balaban J connectivity index is 4.51. The molecule has 0 aromatic rings. The molecule has 21 heavy (non-hydrogen) atoms. The summed E-state index contributed by atoms with van der Waals surface area (Å²) in [6, 6.07) is 0. The number of hydrogen-bond donors (Lipinski definition) is 0. The van der Waals surface area contributed by atoms with Gasteiger partial charge in [-0.25, -0.2) is 0 Å². The van der Waals surface area contributed by atoms with Gasteiger partial charge in [-0.1, -0.05) is 65.2 Å². The predicted octanol–water partition coefficient (Wildman–Crippen LogP) is 6.22. The lowest BCUT2D eigenvalue weighted by atomic mass is 9.89. The highest BCUT2D eigenvalue weighted by Crippen LogP contribution is 2.24. The van der Waals surface area contributed by atoms with Gasteiger partial charge in [-0.05, 0) is 31.3 Å². The molecule has 0 saturated carbocycles. The molecule has 2 heteroatoms. The van der Waals surface area contributed by atoms with Crippen LogP contribution in [-0.2, 0) is 0 Å². The number of nitrogens with zero attached hydrogens (tertiary/aromatic N) is 2. The molecule has 2 nitrogen and oxygen atoms in total. The summed E-state index contributed by atoms with van der Waals surface area (Å²) in [5, 5.41) is 0. The monoisotopic (exact) mass is 292 g/mol. The molecule has 0 aliphatic carbocycles. The Labute approximate surface area is 132 Å². The SMILES string of the molecule is C\C=N/C=C(\C=N/C)C(CCCCC)CCCCCCC. The number of rotatable bonds is 13. The Hall–Kier alpha value is -0.920. The summed E-state index contributed by atoms with van der Waals surface area (Å²) in [4.78, 5) is 8.55. The maximum absolute atomic E-state index is 4.32. The van der Waals surface area contributed by atoms with E-state index in [0.717, 1.165) is 0 Å². The van der Waals surface area contributed by atoms with Crippen LogP contribution in [0.2, 0.25) is 0 Å². The minimum atomic E-state index is 0.630. The first kappa shape index (κ1) is 20.1. The van der Waals surface area contributed by atoms with Gasteiger partial charge in [0.05, 0.1) is 0 Å². The fraction of sp³-hybridized carbons (Fsp3) is 0.789. The Bertz CT molecular complexity index is 303. The zero-order valence-corrected chi connectivity index (χ0v) is 14.8. The van der Waals surface area contributed by atoms with E-state index in [4.69, 9.17) is 0 Å². The molecule has 0 aromatic heterocycles. The van der Waals surface area contributed by atoms with Gasteiger partial charge in [0.2, 0.25) is 0 Å². The highest BCUT2D eigenvalue weighted by atomic mass is 14.7. The highest BCUT2D eigenvalue weighted by Gasteiger charge is 2.12. The summed E-state index contributed by atoms with van der Waals surface area (Å²) in [5.74, 6) is 0.630. The van der Waals surface area contributed by atoms with E-state index in [1.165, 1.54) is 69.8 Å². The molecule has 0 rings (SSSR count). The van der Waals surface area contributed by atoms with Crippen LogP contribution >= 0.6 is 0 Å². The summed E-state index contributed by atoms with van der Waals surface area (Å²) < 4.78 is 0. The fourth-order valence-electron chi connectivity index (χ4n) is 2.67. The van der Waals surface area contributed by atoms with Gasteiger partial charge in [-0.15, -0.1) is 0 Å². The molecule has 0 aromatic carbocycles. The zero-order chi connectivity index (χ0) is 15.8.